The number of benzene rings is 1. The van der Waals surface area contributed by atoms with E-state index in [2.05, 4.69) is 36.2 Å². The number of aromatic nitrogens is 2. The number of carboxylic acid groups (broad SMARTS) is 1. The fourth-order valence-electron chi connectivity index (χ4n) is 3.64. The second kappa shape index (κ2) is 11.4. The lowest BCUT2D eigenvalue weighted by Crippen LogP contribution is -2.44. The smallest absolute Gasteiger partial charge is 0.322 e. The molecule has 9 nitrogen and oxygen atoms in total. The van der Waals surface area contributed by atoms with Gasteiger partial charge in [-0.1, -0.05) is 18.2 Å². The zero-order valence-corrected chi connectivity index (χ0v) is 21.1. The summed E-state index contributed by atoms with van der Waals surface area (Å²) in [6, 6.07) is 16.2. The van der Waals surface area contributed by atoms with Gasteiger partial charge in [0.15, 0.2) is 0 Å². The van der Waals surface area contributed by atoms with Crippen molar-refractivity contribution in [2.45, 2.75) is 31.8 Å². The first-order valence-electron chi connectivity index (χ1n) is 11.4. The average Bonchev–Trinajstić information content (AvgIpc) is 2.87. The van der Waals surface area contributed by atoms with Crippen molar-refractivity contribution in [2.24, 2.45) is 0 Å². The van der Waals surface area contributed by atoms with Crippen LogP contribution >= 0.6 is 0 Å². The summed E-state index contributed by atoms with van der Waals surface area (Å²) in [7, 11) is -1.70. The molecule has 0 spiro atoms. The van der Waals surface area contributed by atoms with Crippen LogP contribution in [0.2, 0.25) is 0 Å². The van der Waals surface area contributed by atoms with Gasteiger partial charge in [-0.25, -0.2) is 13.4 Å². The van der Waals surface area contributed by atoms with Gasteiger partial charge in [0.25, 0.3) is 0 Å². The van der Waals surface area contributed by atoms with Crippen molar-refractivity contribution in [3.8, 4) is 0 Å². The van der Waals surface area contributed by atoms with Crippen LogP contribution in [-0.4, -0.2) is 60.4 Å². The van der Waals surface area contributed by atoms with Crippen LogP contribution in [0.4, 0.5) is 11.5 Å². The zero-order chi connectivity index (χ0) is 25.5. The summed E-state index contributed by atoms with van der Waals surface area (Å²) in [5.74, 6) is -0.647. The number of hydrogen-bond donors (Lipinski definition) is 2. The molecule has 3 aromatic rings. The van der Waals surface area contributed by atoms with Gasteiger partial charge in [0, 0.05) is 18.9 Å². The molecule has 0 aliphatic carbocycles. The largest absolute Gasteiger partial charge is 0.480 e. The van der Waals surface area contributed by atoms with Crippen molar-refractivity contribution >= 4 is 27.5 Å². The Morgan fingerprint density at radius 1 is 1.03 bits per heavy atom. The highest BCUT2D eigenvalue weighted by molar-refractivity contribution is 7.89. The molecule has 0 saturated heterocycles. The highest BCUT2D eigenvalue weighted by Gasteiger charge is 2.26. The molecule has 0 amide bonds. The lowest BCUT2D eigenvalue weighted by molar-refractivity contribution is -0.134. The number of carbonyl (C=O) groups is 1. The highest BCUT2D eigenvalue weighted by Crippen LogP contribution is 2.24. The fourth-order valence-corrected chi connectivity index (χ4v) is 5.01. The summed E-state index contributed by atoms with van der Waals surface area (Å²) in [6.45, 7) is 6.07. The van der Waals surface area contributed by atoms with Crippen LogP contribution in [-0.2, 0) is 27.9 Å². The van der Waals surface area contributed by atoms with Gasteiger partial charge in [-0.05, 0) is 55.8 Å². The minimum Gasteiger partial charge on any atom is -0.480 e. The van der Waals surface area contributed by atoms with Crippen molar-refractivity contribution in [1.82, 2.24) is 18.8 Å². The second-order valence-corrected chi connectivity index (χ2v) is 10.4. The number of pyridine rings is 2. The Morgan fingerprint density at radius 2 is 1.74 bits per heavy atom. The number of aliphatic carboxylic acids is 1. The Kier molecular flexibility index (Phi) is 8.55. The molecule has 0 fully saturated rings. The third kappa shape index (κ3) is 6.62. The van der Waals surface area contributed by atoms with E-state index in [1.807, 2.05) is 24.3 Å². The van der Waals surface area contributed by atoms with Crippen LogP contribution in [0.15, 0.2) is 71.9 Å². The SMILES string of the molecule is CC[N+](C)(CC)c1ccc(CN(Cc2cccc(NCC(=O)O)n2)S(=O)(=O)c2cccnc2)cc1. The molecule has 0 aliphatic heterocycles. The van der Waals surface area contributed by atoms with E-state index in [0.717, 1.165) is 23.1 Å². The summed E-state index contributed by atoms with van der Waals surface area (Å²) < 4.78 is 29.2. The lowest BCUT2D eigenvalue weighted by Gasteiger charge is -2.31. The maximum Gasteiger partial charge on any atom is 0.322 e. The van der Waals surface area contributed by atoms with E-state index in [1.54, 1.807) is 24.3 Å². The van der Waals surface area contributed by atoms with Crippen molar-refractivity contribution in [3.05, 3.63) is 78.2 Å². The summed E-state index contributed by atoms with van der Waals surface area (Å²) in [5.41, 5.74) is 2.50. The minimum atomic E-state index is -3.87. The van der Waals surface area contributed by atoms with E-state index in [-0.39, 0.29) is 24.5 Å². The quantitative estimate of drug-likeness (QED) is 0.368. The molecule has 0 saturated carbocycles. The molecule has 2 N–H and O–H groups in total. The monoisotopic (exact) mass is 498 g/mol. The Hall–Kier alpha value is -3.34. The van der Waals surface area contributed by atoms with E-state index in [1.165, 1.54) is 28.5 Å². The van der Waals surface area contributed by atoms with E-state index < -0.39 is 16.0 Å². The number of nitrogens with zero attached hydrogens (tertiary/aromatic N) is 4. The highest BCUT2D eigenvalue weighted by atomic mass is 32.2. The van der Waals surface area contributed by atoms with Gasteiger partial charge < -0.3 is 10.4 Å². The number of hydrogen-bond acceptors (Lipinski definition) is 6. The molecule has 0 radical (unpaired) electrons. The molecule has 0 atom stereocenters. The molecule has 2 heterocycles. The average molecular weight is 499 g/mol. The van der Waals surface area contributed by atoms with Crippen LogP contribution in [0.1, 0.15) is 25.1 Å². The Bertz CT molecular complexity index is 1230. The Balaban J connectivity index is 1.91. The molecular formula is C25H32N5O4S+. The van der Waals surface area contributed by atoms with Gasteiger partial charge in [-0.15, -0.1) is 0 Å². The molecular weight excluding hydrogens is 466 g/mol. The van der Waals surface area contributed by atoms with Crippen LogP contribution in [0.3, 0.4) is 0 Å². The first-order valence-corrected chi connectivity index (χ1v) is 12.9. The normalized spacial score (nSPS) is 12.0. The fraction of sp³-hybridized carbons (Fsp3) is 0.320. The standard InChI is InChI=1S/C25H31N5O4S/c1-4-30(3,5-2)22-13-11-20(12-14-22)18-29(35(33,34)23-9-7-15-26-16-23)19-21-8-6-10-24(28-21)27-17-25(31)32/h6-16H,4-5,17-19H2,1-3H3,(H-,27,28,31,32)/p+1. The van der Waals surface area contributed by atoms with Crippen LogP contribution in [0.25, 0.3) is 0 Å². The summed E-state index contributed by atoms with van der Waals surface area (Å²) in [4.78, 5) is 19.3. The number of anilines is 1. The molecule has 35 heavy (non-hydrogen) atoms. The summed E-state index contributed by atoms with van der Waals surface area (Å²) >= 11 is 0. The molecule has 2 aromatic heterocycles. The zero-order valence-electron chi connectivity index (χ0n) is 20.3. The summed E-state index contributed by atoms with van der Waals surface area (Å²) in [6.07, 6.45) is 2.85. The van der Waals surface area contributed by atoms with Gasteiger partial charge in [0.1, 0.15) is 22.9 Å². The van der Waals surface area contributed by atoms with Crippen LogP contribution < -0.4 is 9.80 Å². The molecule has 1 aromatic carbocycles. The molecule has 0 bridgehead atoms. The van der Waals surface area contributed by atoms with E-state index in [4.69, 9.17) is 5.11 Å². The third-order valence-electron chi connectivity index (χ3n) is 6.15. The molecule has 0 unspecified atom stereocenters. The Labute approximate surface area is 206 Å². The predicted molar refractivity (Wildman–Crippen MR) is 136 cm³/mol. The first-order chi connectivity index (χ1) is 16.7. The van der Waals surface area contributed by atoms with Crippen molar-refractivity contribution in [2.75, 3.05) is 32.0 Å². The maximum atomic E-state index is 13.5. The summed E-state index contributed by atoms with van der Waals surface area (Å²) in [5, 5.41) is 11.6. The first kappa shape index (κ1) is 26.3. The van der Waals surface area contributed by atoms with Gasteiger partial charge in [-0.3, -0.25) is 14.3 Å². The van der Waals surface area contributed by atoms with Crippen molar-refractivity contribution in [1.29, 1.82) is 0 Å². The molecule has 186 valence electrons. The predicted octanol–water partition coefficient (Wildman–Crippen LogP) is 3.34. The third-order valence-corrected chi connectivity index (χ3v) is 7.93. The van der Waals surface area contributed by atoms with E-state index >= 15 is 0 Å². The number of sulfonamides is 1. The van der Waals surface area contributed by atoms with E-state index in [0.29, 0.717) is 11.5 Å². The van der Waals surface area contributed by atoms with Gasteiger partial charge in [0.2, 0.25) is 10.0 Å². The van der Waals surface area contributed by atoms with Gasteiger partial charge in [-0.2, -0.15) is 4.31 Å². The van der Waals surface area contributed by atoms with Crippen LogP contribution in [0, 0.1) is 0 Å². The Morgan fingerprint density at radius 3 is 2.34 bits per heavy atom. The number of rotatable bonds is 12. The van der Waals surface area contributed by atoms with Gasteiger partial charge in [0.05, 0.1) is 32.4 Å². The van der Waals surface area contributed by atoms with E-state index in [9.17, 15) is 13.2 Å². The topological polar surface area (TPSA) is 112 Å². The number of carboxylic acids is 1. The van der Waals surface area contributed by atoms with Crippen molar-refractivity contribution in [3.63, 3.8) is 0 Å². The van der Waals surface area contributed by atoms with Crippen LogP contribution in [0.5, 0.6) is 0 Å². The molecule has 10 heteroatoms. The molecule has 3 rings (SSSR count). The number of nitrogens with one attached hydrogen (secondary N) is 1. The number of quaternary nitrogens is 1. The van der Waals surface area contributed by atoms with Gasteiger partial charge >= 0.3 is 5.97 Å². The van der Waals surface area contributed by atoms with Crippen molar-refractivity contribution < 1.29 is 18.3 Å². The minimum absolute atomic E-state index is 0.0132. The maximum absolute atomic E-state index is 13.5. The molecule has 0 aliphatic rings. The lowest BCUT2D eigenvalue weighted by atomic mass is 10.1. The second-order valence-electron chi connectivity index (χ2n) is 8.42.